The Morgan fingerprint density at radius 2 is 2.06 bits per heavy atom. The molecular formula is C13H18FNO2S. The smallest absolute Gasteiger partial charge is 0.315 e. The molecule has 18 heavy (non-hydrogen) atoms. The molecule has 100 valence electrons. The highest BCUT2D eigenvalue weighted by atomic mass is 32.2. The summed E-state index contributed by atoms with van der Waals surface area (Å²) in [5.41, 5.74) is 6.82. The Labute approximate surface area is 111 Å². The minimum atomic E-state index is -0.280. The normalized spacial score (nSPS) is 14.0. The third-order valence-electron chi connectivity index (χ3n) is 2.36. The van der Waals surface area contributed by atoms with Gasteiger partial charge in [-0.25, -0.2) is 4.39 Å². The van der Waals surface area contributed by atoms with E-state index >= 15 is 0 Å². The van der Waals surface area contributed by atoms with Crippen LogP contribution in [0.5, 0.6) is 0 Å². The Morgan fingerprint density at radius 1 is 1.44 bits per heavy atom. The Bertz CT molecular complexity index is 381. The van der Waals surface area contributed by atoms with Crippen molar-refractivity contribution in [2.75, 3.05) is 12.4 Å². The third kappa shape index (κ3) is 4.66. The van der Waals surface area contributed by atoms with E-state index < -0.39 is 0 Å². The first kappa shape index (κ1) is 15.0. The average molecular weight is 271 g/mol. The maximum absolute atomic E-state index is 12.9. The van der Waals surface area contributed by atoms with Crippen LogP contribution in [-0.2, 0) is 9.53 Å². The minimum Gasteiger partial charge on any atom is -0.465 e. The molecule has 0 fully saturated rings. The highest BCUT2D eigenvalue weighted by molar-refractivity contribution is 8.00. The molecule has 0 radical (unpaired) electrons. The number of carbonyl (C=O) groups is 1. The molecular weight excluding hydrogens is 253 g/mol. The van der Waals surface area contributed by atoms with Crippen LogP contribution >= 0.6 is 11.8 Å². The lowest BCUT2D eigenvalue weighted by Crippen LogP contribution is -2.24. The van der Waals surface area contributed by atoms with Crippen LogP contribution in [0.1, 0.15) is 24.7 Å². The summed E-state index contributed by atoms with van der Waals surface area (Å²) >= 11 is 1.41. The van der Waals surface area contributed by atoms with Crippen molar-refractivity contribution in [3.63, 3.8) is 0 Å². The van der Waals surface area contributed by atoms with Crippen LogP contribution < -0.4 is 5.73 Å². The van der Waals surface area contributed by atoms with Gasteiger partial charge in [0.1, 0.15) is 5.82 Å². The van der Waals surface area contributed by atoms with Crippen LogP contribution in [0.3, 0.4) is 0 Å². The molecule has 0 aliphatic carbocycles. The van der Waals surface area contributed by atoms with Crippen molar-refractivity contribution in [1.82, 2.24) is 0 Å². The van der Waals surface area contributed by atoms with Gasteiger partial charge in [-0.1, -0.05) is 12.1 Å². The quantitative estimate of drug-likeness (QED) is 0.808. The monoisotopic (exact) mass is 271 g/mol. The van der Waals surface area contributed by atoms with Gasteiger partial charge < -0.3 is 10.5 Å². The van der Waals surface area contributed by atoms with E-state index in [4.69, 9.17) is 10.5 Å². The van der Waals surface area contributed by atoms with Gasteiger partial charge in [-0.3, -0.25) is 4.79 Å². The van der Waals surface area contributed by atoms with E-state index in [2.05, 4.69) is 0 Å². The number of hydrogen-bond acceptors (Lipinski definition) is 4. The maximum Gasteiger partial charge on any atom is 0.315 e. The molecule has 2 N–H and O–H groups in total. The lowest BCUT2D eigenvalue weighted by atomic mass is 10.1. The zero-order valence-corrected chi connectivity index (χ0v) is 11.4. The van der Waals surface area contributed by atoms with Gasteiger partial charge in [0.2, 0.25) is 0 Å². The molecule has 0 aromatic heterocycles. The summed E-state index contributed by atoms with van der Waals surface area (Å²) in [6, 6.07) is 6.06. The van der Waals surface area contributed by atoms with Gasteiger partial charge in [0.05, 0.1) is 12.4 Å². The van der Waals surface area contributed by atoms with Crippen molar-refractivity contribution in [2.45, 2.75) is 25.1 Å². The SMILES string of the molecule is CCOC(=O)CSC(c1ccc(F)cc1)C(C)N. The van der Waals surface area contributed by atoms with Gasteiger partial charge in [0.25, 0.3) is 0 Å². The maximum atomic E-state index is 12.9. The first-order valence-electron chi connectivity index (χ1n) is 5.83. The summed E-state index contributed by atoms with van der Waals surface area (Å²) in [5.74, 6) is -0.287. The van der Waals surface area contributed by atoms with Crippen LogP contribution in [0.25, 0.3) is 0 Å². The van der Waals surface area contributed by atoms with E-state index in [9.17, 15) is 9.18 Å². The predicted molar refractivity (Wildman–Crippen MR) is 71.9 cm³/mol. The van der Waals surface area contributed by atoms with Crippen molar-refractivity contribution >= 4 is 17.7 Å². The number of ether oxygens (including phenoxy) is 1. The van der Waals surface area contributed by atoms with E-state index in [0.717, 1.165) is 5.56 Å². The number of thioether (sulfide) groups is 1. The molecule has 1 aromatic carbocycles. The number of esters is 1. The number of hydrogen-bond donors (Lipinski definition) is 1. The summed E-state index contributed by atoms with van der Waals surface area (Å²) in [4.78, 5) is 11.3. The molecule has 5 heteroatoms. The first-order chi connectivity index (χ1) is 8.54. The Hall–Kier alpha value is -1.07. The van der Waals surface area contributed by atoms with Crippen molar-refractivity contribution in [1.29, 1.82) is 0 Å². The summed E-state index contributed by atoms with van der Waals surface area (Å²) in [6.45, 7) is 4.01. The van der Waals surface area contributed by atoms with E-state index in [-0.39, 0.29) is 28.8 Å². The fourth-order valence-corrected chi connectivity index (χ4v) is 2.62. The molecule has 0 spiro atoms. The summed E-state index contributed by atoms with van der Waals surface area (Å²) < 4.78 is 17.7. The van der Waals surface area contributed by atoms with Crippen LogP contribution in [0.2, 0.25) is 0 Å². The minimum absolute atomic E-state index is 0.0463. The Kier molecular flexibility index (Phi) is 6.15. The molecule has 2 atom stereocenters. The third-order valence-corrected chi connectivity index (χ3v) is 3.83. The zero-order valence-electron chi connectivity index (χ0n) is 10.6. The van der Waals surface area contributed by atoms with Crippen LogP contribution in [0.15, 0.2) is 24.3 Å². The number of nitrogens with two attached hydrogens (primary N) is 1. The highest BCUT2D eigenvalue weighted by Crippen LogP contribution is 2.31. The highest BCUT2D eigenvalue weighted by Gasteiger charge is 2.18. The number of benzene rings is 1. The molecule has 0 heterocycles. The largest absolute Gasteiger partial charge is 0.465 e. The second-order valence-corrected chi connectivity index (χ2v) is 5.08. The molecule has 0 saturated carbocycles. The average Bonchev–Trinajstić information content (AvgIpc) is 2.31. The predicted octanol–water partition coefficient (Wildman–Crippen LogP) is 2.51. The summed E-state index contributed by atoms with van der Waals surface area (Å²) in [5, 5.41) is -0.0463. The first-order valence-corrected chi connectivity index (χ1v) is 6.87. The second-order valence-electron chi connectivity index (χ2n) is 3.95. The molecule has 0 bridgehead atoms. The summed E-state index contributed by atoms with van der Waals surface area (Å²) in [6.07, 6.45) is 0. The second kappa shape index (κ2) is 7.38. The molecule has 1 aromatic rings. The standard InChI is InChI=1S/C13H18FNO2S/c1-3-17-12(16)8-18-13(9(2)15)10-4-6-11(14)7-5-10/h4-7,9,13H,3,8,15H2,1-2H3. The Morgan fingerprint density at radius 3 is 2.56 bits per heavy atom. The molecule has 1 rings (SSSR count). The zero-order chi connectivity index (χ0) is 13.5. The fraction of sp³-hybridized carbons (Fsp3) is 0.462. The topological polar surface area (TPSA) is 52.3 Å². The van der Waals surface area contributed by atoms with E-state index in [1.165, 1.54) is 23.9 Å². The molecule has 0 aliphatic rings. The van der Waals surface area contributed by atoms with Gasteiger partial charge in [-0.05, 0) is 31.5 Å². The van der Waals surface area contributed by atoms with Crippen LogP contribution in [-0.4, -0.2) is 24.4 Å². The van der Waals surface area contributed by atoms with Crippen LogP contribution in [0, 0.1) is 5.82 Å². The lowest BCUT2D eigenvalue weighted by molar-refractivity contribution is -0.139. The molecule has 0 aliphatic heterocycles. The molecule has 0 saturated heterocycles. The lowest BCUT2D eigenvalue weighted by Gasteiger charge is -2.20. The van der Waals surface area contributed by atoms with Crippen LogP contribution in [0.4, 0.5) is 4.39 Å². The number of carbonyl (C=O) groups excluding carboxylic acids is 1. The molecule has 3 nitrogen and oxygen atoms in total. The Balaban J connectivity index is 2.65. The van der Waals surface area contributed by atoms with Crippen molar-refractivity contribution < 1.29 is 13.9 Å². The van der Waals surface area contributed by atoms with Gasteiger partial charge >= 0.3 is 5.97 Å². The van der Waals surface area contributed by atoms with Gasteiger partial charge in [0.15, 0.2) is 0 Å². The number of rotatable bonds is 6. The number of halogens is 1. The molecule has 0 amide bonds. The van der Waals surface area contributed by atoms with E-state index in [1.54, 1.807) is 19.1 Å². The fourth-order valence-electron chi connectivity index (χ4n) is 1.56. The van der Waals surface area contributed by atoms with Gasteiger partial charge in [0, 0.05) is 11.3 Å². The van der Waals surface area contributed by atoms with Crippen molar-refractivity contribution in [2.24, 2.45) is 5.73 Å². The van der Waals surface area contributed by atoms with Crippen molar-refractivity contribution in [3.8, 4) is 0 Å². The van der Waals surface area contributed by atoms with Crippen molar-refractivity contribution in [3.05, 3.63) is 35.6 Å². The summed E-state index contributed by atoms with van der Waals surface area (Å²) in [7, 11) is 0. The van der Waals surface area contributed by atoms with Gasteiger partial charge in [-0.15, -0.1) is 11.8 Å². The molecule has 2 unspecified atom stereocenters. The van der Waals surface area contributed by atoms with Gasteiger partial charge in [-0.2, -0.15) is 0 Å². The van der Waals surface area contributed by atoms with E-state index in [1.807, 2.05) is 6.92 Å². The van der Waals surface area contributed by atoms with E-state index in [0.29, 0.717) is 6.61 Å².